The van der Waals surface area contributed by atoms with Crippen molar-refractivity contribution in [3.05, 3.63) is 29.6 Å². The van der Waals surface area contributed by atoms with Gasteiger partial charge in [0.1, 0.15) is 0 Å². The molecule has 0 aliphatic heterocycles. The molecule has 0 radical (unpaired) electrons. The fraction of sp³-hybridized carbons (Fsp3) is 0.333. The van der Waals surface area contributed by atoms with E-state index in [-0.39, 0.29) is 11.9 Å². The molecule has 0 N–H and O–H groups in total. The fourth-order valence-corrected chi connectivity index (χ4v) is 1.52. The van der Waals surface area contributed by atoms with Gasteiger partial charge in [-0.3, -0.25) is 9.78 Å². The van der Waals surface area contributed by atoms with Crippen molar-refractivity contribution >= 4 is 5.78 Å². The summed E-state index contributed by atoms with van der Waals surface area (Å²) < 4.78 is 5.16. The number of methoxy groups -OCH3 is 1. The van der Waals surface area contributed by atoms with Gasteiger partial charge < -0.3 is 4.74 Å². The predicted molar refractivity (Wildman–Crippen MR) is 42.9 cm³/mol. The molecule has 1 atom stereocenters. The van der Waals surface area contributed by atoms with Gasteiger partial charge in [0.15, 0.2) is 5.78 Å². The highest BCUT2D eigenvalue weighted by molar-refractivity contribution is 6.00. The van der Waals surface area contributed by atoms with E-state index in [1.165, 1.54) is 0 Å². The average Bonchev–Trinajstić information content (AvgIpc) is 2.44. The van der Waals surface area contributed by atoms with Crippen molar-refractivity contribution in [2.75, 3.05) is 7.11 Å². The minimum absolute atomic E-state index is 0.0597. The summed E-state index contributed by atoms with van der Waals surface area (Å²) in [5, 5.41) is 0. The first-order valence-electron chi connectivity index (χ1n) is 3.83. The molecule has 1 aromatic heterocycles. The molecular weight excluding hydrogens is 154 g/mol. The SMILES string of the molecule is CO[C@@H]1CC(=O)c2cnccc21. The summed E-state index contributed by atoms with van der Waals surface area (Å²) in [5.41, 5.74) is 1.68. The summed E-state index contributed by atoms with van der Waals surface area (Å²) in [6.07, 6.45) is 3.69. The van der Waals surface area contributed by atoms with Gasteiger partial charge in [0.2, 0.25) is 0 Å². The van der Waals surface area contributed by atoms with Gasteiger partial charge in [-0.25, -0.2) is 0 Å². The van der Waals surface area contributed by atoms with E-state index >= 15 is 0 Å². The van der Waals surface area contributed by atoms with Crippen LogP contribution in [0, 0.1) is 0 Å². The van der Waals surface area contributed by atoms with Crippen molar-refractivity contribution in [1.82, 2.24) is 4.98 Å². The molecule has 2 rings (SSSR count). The Morgan fingerprint density at radius 3 is 3.25 bits per heavy atom. The maximum Gasteiger partial charge on any atom is 0.167 e. The predicted octanol–water partition coefficient (Wildman–Crippen LogP) is 1.36. The van der Waals surface area contributed by atoms with E-state index in [1.54, 1.807) is 19.5 Å². The molecule has 12 heavy (non-hydrogen) atoms. The molecule has 0 bridgehead atoms. The fourth-order valence-electron chi connectivity index (χ4n) is 1.52. The number of carbonyl (C=O) groups is 1. The number of ether oxygens (including phenoxy) is 1. The Kier molecular flexibility index (Phi) is 1.66. The minimum Gasteiger partial charge on any atom is -0.376 e. The van der Waals surface area contributed by atoms with E-state index in [9.17, 15) is 4.79 Å². The summed E-state index contributed by atoms with van der Waals surface area (Å²) in [7, 11) is 1.62. The van der Waals surface area contributed by atoms with Crippen LogP contribution in [0.5, 0.6) is 0 Å². The normalized spacial score (nSPS) is 21.1. The summed E-state index contributed by atoms with van der Waals surface area (Å²) in [6.45, 7) is 0. The standard InChI is InChI=1S/C9H9NO2/c1-12-9-4-8(11)7-5-10-3-2-6(7)9/h2-3,5,9H,4H2,1H3/t9-/m1/s1. The Balaban J connectivity index is 2.50. The molecule has 0 amide bonds. The highest BCUT2D eigenvalue weighted by Crippen LogP contribution is 2.32. The van der Waals surface area contributed by atoms with Crippen LogP contribution in [-0.2, 0) is 4.74 Å². The number of hydrogen-bond donors (Lipinski definition) is 0. The molecule has 3 nitrogen and oxygen atoms in total. The Bertz CT molecular complexity index is 322. The summed E-state index contributed by atoms with van der Waals surface area (Å²) in [5.74, 6) is 0.130. The first-order chi connectivity index (χ1) is 5.83. The Hall–Kier alpha value is -1.22. The number of Topliss-reactive ketones (excluding diaryl/α,β-unsaturated/α-hetero) is 1. The van der Waals surface area contributed by atoms with Crippen molar-refractivity contribution in [2.45, 2.75) is 12.5 Å². The molecule has 1 aromatic rings. The third-order valence-electron chi connectivity index (χ3n) is 2.16. The maximum atomic E-state index is 11.3. The van der Waals surface area contributed by atoms with Gasteiger partial charge in [-0.15, -0.1) is 0 Å². The summed E-state index contributed by atoms with van der Waals surface area (Å²) in [6, 6.07) is 1.84. The molecule has 1 aliphatic carbocycles. The second-order valence-corrected chi connectivity index (χ2v) is 2.81. The van der Waals surface area contributed by atoms with Crippen LogP contribution < -0.4 is 0 Å². The zero-order chi connectivity index (χ0) is 8.55. The minimum atomic E-state index is -0.0597. The van der Waals surface area contributed by atoms with E-state index in [4.69, 9.17) is 4.74 Å². The lowest BCUT2D eigenvalue weighted by Crippen LogP contribution is -1.95. The molecule has 3 heteroatoms. The molecule has 0 saturated carbocycles. The Morgan fingerprint density at radius 1 is 1.67 bits per heavy atom. The van der Waals surface area contributed by atoms with Crippen LogP contribution in [0.25, 0.3) is 0 Å². The van der Waals surface area contributed by atoms with Crippen molar-refractivity contribution in [3.8, 4) is 0 Å². The lowest BCUT2D eigenvalue weighted by Gasteiger charge is -2.06. The first kappa shape index (κ1) is 7.43. The number of pyridine rings is 1. The molecule has 1 heterocycles. The first-order valence-corrected chi connectivity index (χ1v) is 3.83. The van der Waals surface area contributed by atoms with E-state index in [0.717, 1.165) is 5.56 Å². The van der Waals surface area contributed by atoms with E-state index < -0.39 is 0 Å². The number of carbonyl (C=O) groups excluding carboxylic acids is 1. The second-order valence-electron chi connectivity index (χ2n) is 2.81. The topological polar surface area (TPSA) is 39.2 Å². The lowest BCUT2D eigenvalue weighted by atomic mass is 10.2. The third-order valence-corrected chi connectivity index (χ3v) is 2.16. The molecule has 0 aromatic carbocycles. The molecule has 0 spiro atoms. The zero-order valence-corrected chi connectivity index (χ0v) is 6.78. The maximum absolute atomic E-state index is 11.3. The van der Waals surface area contributed by atoms with Crippen LogP contribution in [-0.4, -0.2) is 17.9 Å². The monoisotopic (exact) mass is 163 g/mol. The molecule has 0 unspecified atom stereocenters. The number of hydrogen-bond acceptors (Lipinski definition) is 3. The number of rotatable bonds is 1. The van der Waals surface area contributed by atoms with Gasteiger partial charge in [-0.2, -0.15) is 0 Å². The smallest absolute Gasteiger partial charge is 0.167 e. The third kappa shape index (κ3) is 0.940. The molecule has 0 fully saturated rings. The van der Waals surface area contributed by atoms with Crippen LogP contribution >= 0.6 is 0 Å². The molecule has 0 saturated heterocycles. The zero-order valence-electron chi connectivity index (χ0n) is 6.78. The highest BCUT2D eigenvalue weighted by Gasteiger charge is 2.28. The van der Waals surface area contributed by atoms with E-state index in [2.05, 4.69) is 4.98 Å². The number of ketones is 1. The van der Waals surface area contributed by atoms with Crippen LogP contribution in [0.3, 0.4) is 0 Å². The van der Waals surface area contributed by atoms with Gasteiger partial charge >= 0.3 is 0 Å². The van der Waals surface area contributed by atoms with Crippen LogP contribution in [0.15, 0.2) is 18.5 Å². The van der Waals surface area contributed by atoms with Crippen molar-refractivity contribution < 1.29 is 9.53 Å². The largest absolute Gasteiger partial charge is 0.376 e. The lowest BCUT2D eigenvalue weighted by molar-refractivity contribution is 0.0812. The van der Waals surface area contributed by atoms with Gasteiger partial charge in [-0.1, -0.05) is 0 Å². The van der Waals surface area contributed by atoms with Gasteiger partial charge in [-0.05, 0) is 11.6 Å². The van der Waals surface area contributed by atoms with Crippen molar-refractivity contribution in [2.24, 2.45) is 0 Å². The summed E-state index contributed by atoms with van der Waals surface area (Å²) in [4.78, 5) is 15.2. The van der Waals surface area contributed by atoms with Crippen molar-refractivity contribution in [1.29, 1.82) is 0 Å². The average molecular weight is 163 g/mol. The Morgan fingerprint density at radius 2 is 2.50 bits per heavy atom. The van der Waals surface area contributed by atoms with Gasteiger partial charge in [0.25, 0.3) is 0 Å². The number of fused-ring (bicyclic) bond motifs is 1. The number of nitrogens with zero attached hydrogens (tertiary/aromatic N) is 1. The molecule has 62 valence electrons. The summed E-state index contributed by atoms with van der Waals surface area (Å²) >= 11 is 0. The van der Waals surface area contributed by atoms with E-state index in [1.807, 2.05) is 6.07 Å². The van der Waals surface area contributed by atoms with Crippen LogP contribution in [0.1, 0.15) is 28.4 Å². The number of aromatic nitrogens is 1. The molecule has 1 aliphatic rings. The molecular formula is C9H9NO2. The van der Waals surface area contributed by atoms with Crippen LogP contribution in [0.2, 0.25) is 0 Å². The van der Waals surface area contributed by atoms with Gasteiger partial charge in [0, 0.05) is 31.5 Å². The Labute approximate surface area is 70.4 Å². The quantitative estimate of drug-likeness (QED) is 0.627. The highest BCUT2D eigenvalue weighted by atomic mass is 16.5. The van der Waals surface area contributed by atoms with Crippen molar-refractivity contribution in [3.63, 3.8) is 0 Å². The van der Waals surface area contributed by atoms with Gasteiger partial charge in [0.05, 0.1) is 6.10 Å². The van der Waals surface area contributed by atoms with E-state index in [0.29, 0.717) is 12.0 Å². The van der Waals surface area contributed by atoms with Crippen LogP contribution in [0.4, 0.5) is 0 Å². The second kappa shape index (κ2) is 2.68.